The summed E-state index contributed by atoms with van der Waals surface area (Å²) in [6.45, 7) is 0. The van der Waals surface area contributed by atoms with Crippen molar-refractivity contribution in [2.75, 3.05) is 0 Å². The van der Waals surface area contributed by atoms with Crippen molar-refractivity contribution in [1.82, 2.24) is 0 Å². The van der Waals surface area contributed by atoms with Crippen LogP contribution in [0.4, 0.5) is 13.2 Å². The lowest BCUT2D eigenvalue weighted by Crippen LogP contribution is -2.02. The Labute approximate surface area is 69.7 Å². The highest BCUT2D eigenvalue weighted by Crippen LogP contribution is 2.31. The predicted octanol–water partition coefficient (Wildman–Crippen LogP) is 2.63. The van der Waals surface area contributed by atoms with E-state index >= 15 is 0 Å². The Balaban J connectivity index is 3.92. The number of thiocarbonyl (C=S) groups is 2. The van der Waals surface area contributed by atoms with Gasteiger partial charge in [-0.15, -0.1) is 0 Å². The van der Waals surface area contributed by atoms with Crippen LogP contribution < -0.4 is 0 Å². The van der Waals surface area contributed by atoms with Gasteiger partial charge in [-0.3, -0.25) is 0 Å². The number of hydrogen-bond acceptors (Lipinski definition) is 3. The third-order valence-electron chi connectivity index (χ3n) is 0.340. The molecular formula is C3F3NS3. The third-order valence-corrected chi connectivity index (χ3v) is 1.27. The zero-order valence-corrected chi connectivity index (χ0v) is 6.76. The van der Waals surface area contributed by atoms with Gasteiger partial charge in [0.2, 0.25) is 0 Å². The van der Waals surface area contributed by atoms with Crippen LogP contribution in [0.2, 0.25) is 0 Å². The molecule has 0 rings (SSSR count). The highest BCUT2D eigenvalue weighted by Gasteiger charge is 2.30. The Hall–Kier alpha value is 0.0300. The summed E-state index contributed by atoms with van der Waals surface area (Å²) in [5.74, 6) is 0. The van der Waals surface area contributed by atoms with Crippen LogP contribution >= 0.6 is 36.2 Å². The van der Waals surface area contributed by atoms with Crippen LogP contribution in [0.1, 0.15) is 0 Å². The van der Waals surface area contributed by atoms with Gasteiger partial charge in [0.15, 0.2) is 4.32 Å². The van der Waals surface area contributed by atoms with E-state index in [0.29, 0.717) is 0 Å². The molecule has 0 amide bonds. The van der Waals surface area contributed by atoms with Crippen molar-refractivity contribution in [1.29, 1.82) is 0 Å². The quantitative estimate of drug-likeness (QED) is 0.443. The molecule has 0 fully saturated rings. The van der Waals surface area contributed by atoms with E-state index in [1.165, 1.54) is 0 Å². The largest absolute Gasteiger partial charge is 0.448 e. The monoisotopic (exact) mass is 203 g/mol. The Bertz CT molecular complexity index is 180. The lowest BCUT2D eigenvalue weighted by molar-refractivity contribution is -0.0315. The number of halogens is 3. The molecule has 0 aromatic carbocycles. The lowest BCUT2D eigenvalue weighted by Gasteiger charge is -2.00. The van der Waals surface area contributed by atoms with Crippen LogP contribution in [-0.2, 0) is 0 Å². The molecule has 10 heavy (non-hydrogen) atoms. The smallest absolute Gasteiger partial charge is 0.175 e. The summed E-state index contributed by atoms with van der Waals surface area (Å²) < 4.78 is 33.6. The van der Waals surface area contributed by atoms with E-state index < -0.39 is 21.6 Å². The molecule has 0 N–H and O–H groups in total. The molecule has 0 saturated carbocycles. The fraction of sp³-hybridized carbons (Fsp3) is 0.333. The summed E-state index contributed by atoms with van der Waals surface area (Å²) in [6, 6.07) is 0. The SMILES string of the molecule is FC(F)(F)SC(=S)N=C=S. The van der Waals surface area contributed by atoms with E-state index in [1.807, 2.05) is 0 Å². The van der Waals surface area contributed by atoms with Gasteiger partial charge in [-0.05, 0) is 24.4 Å². The summed E-state index contributed by atoms with van der Waals surface area (Å²) in [5, 5.41) is 1.74. The standard InChI is InChI=1S/C3F3NS3/c4-3(5,6)10-2(9)7-1-8. The molecule has 0 heterocycles. The van der Waals surface area contributed by atoms with Crippen molar-refractivity contribution >= 4 is 45.7 Å². The molecule has 0 aliphatic heterocycles. The Morgan fingerprint density at radius 2 is 2.00 bits per heavy atom. The van der Waals surface area contributed by atoms with E-state index in [-0.39, 0.29) is 0 Å². The number of alkyl halides is 3. The fourth-order valence-corrected chi connectivity index (χ4v) is 0.984. The third kappa shape index (κ3) is 6.15. The Kier molecular flexibility index (Phi) is 4.04. The number of hydrogen-bond donors (Lipinski definition) is 0. The van der Waals surface area contributed by atoms with Gasteiger partial charge in [0.1, 0.15) is 0 Å². The van der Waals surface area contributed by atoms with Gasteiger partial charge in [-0.25, -0.2) is 0 Å². The van der Waals surface area contributed by atoms with Gasteiger partial charge >= 0.3 is 5.51 Å². The predicted molar refractivity (Wildman–Crippen MR) is 41.3 cm³/mol. The number of aliphatic imine (C=N–C) groups is 1. The average molecular weight is 203 g/mol. The first kappa shape index (κ1) is 10.0. The number of rotatable bonds is 0. The van der Waals surface area contributed by atoms with Gasteiger partial charge < -0.3 is 0 Å². The molecule has 56 valence electrons. The van der Waals surface area contributed by atoms with Crippen molar-refractivity contribution < 1.29 is 13.2 Å². The molecule has 0 saturated heterocycles. The Morgan fingerprint density at radius 3 is 2.30 bits per heavy atom. The molecule has 0 radical (unpaired) electrons. The zero-order valence-electron chi connectivity index (χ0n) is 4.31. The van der Waals surface area contributed by atoms with Crippen molar-refractivity contribution in [3.05, 3.63) is 0 Å². The highest BCUT2D eigenvalue weighted by atomic mass is 32.2. The van der Waals surface area contributed by atoms with Gasteiger partial charge in [-0.1, -0.05) is 0 Å². The van der Waals surface area contributed by atoms with Gasteiger partial charge in [0, 0.05) is 11.8 Å². The fourth-order valence-electron chi connectivity index (χ4n) is 0.159. The molecule has 0 aliphatic rings. The molecule has 0 aliphatic carbocycles. The molecule has 0 unspecified atom stereocenters. The first-order valence-corrected chi connectivity index (χ1v) is 3.46. The van der Waals surface area contributed by atoms with Gasteiger partial charge in [-0.2, -0.15) is 18.2 Å². The summed E-state index contributed by atoms with van der Waals surface area (Å²) in [6.07, 6.45) is 0. The van der Waals surface area contributed by atoms with E-state index in [2.05, 4.69) is 29.4 Å². The second kappa shape index (κ2) is 4.02. The van der Waals surface area contributed by atoms with E-state index in [0.717, 1.165) is 0 Å². The molecule has 0 bridgehead atoms. The second-order valence-electron chi connectivity index (χ2n) is 1.02. The van der Waals surface area contributed by atoms with Crippen molar-refractivity contribution in [2.24, 2.45) is 4.99 Å². The Morgan fingerprint density at radius 1 is 1.50 bits per heavy atom. The normalized spacial score (nSPS) is 10.3. The lowest BCUT2D eigenvalue weighted by atomic mass is 11.4. The molecule has 7 heteroatoms. The molecular weight excluding hydrogens is 203 g/mol. The minimum Gasteiger partial charge on any atom is -0.175 e. The molecule has 0 atom stereocenters. The average Bonchev–Trinajstić information content (AvgIpc) is 1.59. The van der Waals surface area contributed by atoms with Crippen LogP contribution in [0, 0.1) is 0 Å². The maximum atomic E-state index is 11.4. The maximum Gasteiger partial charge on any atom is 0.448 e. The summed E-state index contributed by atoms with van der Waals surface area (Å²) in [7, 11) is 0. The van der Waals surface area contributed by atoms with Crippen LogP contribution in [0.3, 0.4) is 0 Å². The topological polar surface area (TPSA) is 12.4 Å². The number of thioether (sulfide) groups is 1. The molecule has 0 aromatic heterocycles. The van der Waals surface area contributed by atoms with Crippen LogP contribution in [0.15, 0.2) is 4.99 Å². The zero-order chi connectivity index (χ0) is 8.20. The van der Waals surface area contributed by atoms with Crippen molar-refractivity contribution in [2.45, 2.75) is 5.51 Å². The minimum atomic E-state index is -4.38. The summed E-state index contributed by atoms with van der Waals surface area (Å²) >= 11 is 7.70. The summed E-state index contributed by atoms with van der Waals surface area (Å²) in [5.41, 5.74) is -4.38. The molecule has 0 spiro atoms. The van der Waals surface area contributed by atoms with Crippen LogP contribution in [0.25, 0.3) is 0 Å². The van der Waals surface area contributed by atoms with Crippen molar-refractivity contribution in [3.63, 3.8) is 0 Å². The van der Waals surface area contributed by atoms with Crippen molar-refractivity contribution in [3.8, 4) is 0 Å². The first-order chi connectivity index (χ1) is 4.45. The molecule has 0 aromatic rings. The van der Waals surface area contributed by atoms with Gasteiger partial charge in [0.05, 0.1) is 5.16 Å². The van der Waals surface area contributed by atoms with Crippen LogP contribution in [-0.4, -0.2) is 15.0 Å². The first-order valence-electron chi connectivity index (χ1n) is 1.83. The molecule has 1 nitrogen and oxygen atoms in total. The number of nitrogens with zero attached hydrogens (tertiary/aromatic N) is 1. The minimum absolute atomic E-state index is 0.483. The summed E-state index contributed by atoms with van der Waals surface area (Å²) in [4.78, 5) is 2.95. The highest BCUT2D eigenvalue weighted by molar-refractivity contribution is 8.23. The maximum absolute atomic E-state index is 11.4. The van der Waals surface area contributed by atoms with E-state index in [9.17, 15) is 13.2 Å². The van der Waals surface area contributed by atoms with E-state index in [4.69, 9.17) is 0 Å². The van der Waals surface area contributed by atoms with E-state index in [1.54, 1.807) is 5.16 Å². The second-order valence-corrected chi connectivity index (χ2v) is 2.90. The van der Waals surface area contributed by atoms with Crippen LogP contribution in [0.5, 0.6) is 0 Å². The number of isothiocyanates is 1. The van der Waals surface area contributed by atoms with Gasteiger partial charge in [0.25, 0.3) is 0 Å².